The molecule has 2 rings (SSSR count). The zero-order chi connectivity index (χ0) is 13.8. The van der Waals surface area contributed by atoms with Crippen LogP contribution in [0.5, 0.6) is 0 Å². The molecule has 1 heterocycles. The fourth-order valence-electron chi connectivity index (χ4n) is 2.30. The second-order valence-corrected chi connectivity index (χ2v) is 5.41. The van der Waals surface area contributed by atoms with Crippen molar-refractivity contribution in [1.82, 2.24) is 14.5 Å². The third-order valence-corrected chi connectivity index (χ3v) is 3.49. The van der Waals surface area contributed by atoms with Gasteiger partial charge >= 0.3 is 0 Å². The van der Waals surface area contributed by atoms with Gasteiger partial charge in [-0.2, -0.15) is 0 Å². The molecule has 0 amide bonds. The second kappa shape index (κ2) is 6.17. The number of rotatable bonds is 6. The van der Waals surface area contributed by atoms with Crippen molar-refractivity contribution in [3.8, 4) is 0 Å². The standard InChI is InChI=1S/C15H24N4/c1-12(2)19-11-17-14-10-13(4-5-15(14)19)6-8-18(3)9-7-16/h4-5,10-12H,6-9,16H2,1-3H3. The lowest BCUT2D eigenvalue weighted by Gasteiger charge is -2.15. The Balaban J connectivity index is 2.10. The van der Waals surface area contributed by atoms with Crippen LogP contribution in [0.25, 0.3) is 11.0 Å². The monoisotopic (exact) mass is 260 g/mol. The molecule has 0 saturated heterocycles. The minimum absolute atomic E-state index is 0.450. The molecule has 0 aliphatic carbocycles. The molecule has 1 aromatic heterocycles. The van der Waals surface area contributed by atoms with Gasteiger partial charge in [0.1, 0.15) is 0 Å². The topological polar surface area (TPSA) is 47.1 Å². The van der Waals surface area contributed by atoms with Gasteiger partial charge in [-0.05, 0) is 45.0 Å². The Kier molecular flexibility index (Phi) is 4.56. The maximum atomic E-state index is 5.55. The summed E-state index contributed by atoms with van der Waals surface area (Å²) in [5.41, 5.74) is 9.19. The number of likely N-dealkylation sites (N-methyl/N-ethyl adjacent to an activating group) is 1. The molecule has 1 aromatic carbocycles. The zero-order valence-electron chi connectivity index (χ0n) is 12.1. The molecule has 0 spiro atoms. The summed E-state index contributed by atoms with van der Waals surface area (Å²) in [6.45, 7) is 7.06. The number of nitrogens with two attached hydrogens (primary N) is 1. The molecule has 2 N–H and O–H groups in total. The first-order valence-electron chi connectivity index (χ1n) is 6.96. The molecule has 0 saturated carbocycles. The fraction of sp³-hybridized carbons (Fsp3) is 0.533. The van der Waals surface area contributed by atoms with E-state index in [9.17, 15) is 0 Å². The Morgan fingerprint density at radius 3 is 2.79 bits per heavy atom. The second-order valence-electron chi connectivity index (χ2n) is 5.41. The van der Waals surface area contributed by atoms with Crippen LogP contribution in [0.15, 0.2) is 24.5 Å². The first-order chi connectivity index (χ1) is 9.11. The van der Waals surface area contributed by atoms with E-state index in [4.69, 9.17) is 5.73 Å². The fourth-order valence-corrected chi connectivity index (χ4v) is 2.30. The Labute approximate surface area is 115 Å². The maximum Gasteiger partial charge on any atom is 0.0960 e. The Hall–Kier alpha value is -1.39. The first kappa shape index (κ1) is 14.0. The van der Waals surface area contributed by atoms with E-state index in [0.29, 0.717) is 12.6 Å². The Bertz CT molecular complexity index is 530. The van der Waals surface area contributed by atoms with Crippen LogP contribution in [0.4, 0.5) is 0 Å². The van der Waals surface area contributed by atoms with Crippen LogP contribution in [0.1, 0.15) is 25.5 Å². The van der Waals surface area contributed by atoms with Gasteiger partial charge in [-0.1, -0.05) is 6.07 Å². The lowest BCUT2D eigenvalue weighted by molar-refractivity contribution is 0.348. The molecule has 4 heteroatoms. The number of aromatic nitrogens is 2. The quantitative estimate of drug-likeness (QED) is 0.864. The van der Waals surface area contributed by atoms with E-state index in [1.807, 2.05) is 6.33 Å². The summed E-state index contributed by atoms with van der Waals surface area (Å²) in [5.74, 6) is 0. The SMILES string of the molecule is CC(C)n1cnc2cc(CCN(C)CCN)ccc21. The molecule has 104 valence electrons. The smallest absolute Gasteiger partial charge is 0.0960 e. The molecule has 0 fully saturated rings. The lowest BCUT2D eigenvalue weighted by Crippen LogP contribution is -2.27. The summed E-state index contributed by atoms with van der Waals surface area (Å²) in [6, 6.07) is 7.04. The van der Waals surface area contributed by atoms with Gasteiger partial charge in [0.05, 0.1) is 17.4 Å². The highest BCUT2D eigenvalue weighted by atomic mass is 15.1. The van der Waals surface area contributed by atoms with Crippen LogP contribution < -0.4 is 5.73 Å². The first-order valence-corrected chi connectivity index (χ1v) is 6.96. The highest BCUT2D eigenvalue weighted by Crippen LogP contribution is 2.19. The third kappa shape index (κ3) is 3.33. The van der Waals surface area contributed by atoms with E-state index in [1.54, 1.807) is 0 Å². The molecular weight excluding hydrogens is 236 g/mol. The molecule has 0 bridgehead atoms. The minimum atomic E-state index is 0.450. The van der Waals surface area contributed by atoms with Gasteiger partial charge in [-0.15, -0.1) is 0 Å². The summed E-state index contributed by atoms with van der Waals surface area (Å²) >= 11 is 0. The predicted octanol–water partition coefficient (Wildman–Crippen LogP) is 2.05. The summed E-state index contributed by atoms with van der Waals surface area (Å²) in [4.78, 5) is 6.75. The molecule has 4 nitrogen and oxygen atoms in total. The van der Waals surface area contributed by atoms with E-state index < -0.39 is 0 Å². The summed E-state index contributed by atoms with van der Waals surface area (Å²) in [7, 11) is 2.11. The molecule has 2 aromatic rings. The van der Waals surface area contributed by atoms with Crippen molar-refractivity contribution in [3.05, 3.63) is 30.1 Å². The molecule has 0 atom stereocenters. The van der Waals surface area contributed by atoms with Gasteiger partial charge in [-0.25, -0.2) is 4.98 Å². The number of fused-ring (bicyclic) bond motifs is 1. The third-order valence-electron chi connectivity index (χ3n) is 3.49. The summed E-state index contributed by atoms with van der Waals surface area (Å²) in [6.07, 6.45) is 2.97. The summed E-state index contributed by atoms with van der Waals surface area (Å²) in [5, 5.41) is 0. The summed E-state index contributed by atoms with van der Waals surface area (Å²) < 4.78 is 2.21. The number of imidazole rings is 1. The van der Waals surface area contributed by atoms with Crippen molar-refractivity contribution in [2.24, 2.45) is 5.73 Å². The van der Waals surface area contributed by atoms with Crippen molar-refractivity contribution in [2.75, 3.05) is 26.7 Å². The molecule has 0 radical (unpaired) electrons. The Morgan fingerprint density at radius 2 is 2.11 bits per heavy atom. The van der Waals surface area contributed by atoms with Crippen molar-refractivity contribution in [1.29, 1.82) is 0 Å². The molecule has 0 unspecified atom stereocenters. The lowest BCUT2D eigenvalue weighted by atomic mass is 10.1. The van der Waals surface area contributed by atoms with Crippen LogP contribution in [0.2, 0.25) is 0 Å². The number of benzene rings is 1. The van der Waals surface area contributed by atoms with E-state index in [2.05, 4.69) is 53.5 Å². The largest absolute Gasteiger partial charge is 0.329 e. The van der Waals surface area contributed by atoms with Crippen LogP contribution in [-0.2, 0) is 6.42 Å². The van der Waals surface area contributed by atoms with Crippen LogP contribution in [0.3, 0.4) is 0 Å². The van der Waals surface area contributed by atoms with Gasteiger partial charge in [0.25, 0.3) is 0 Å². The van der Waals surface area contributed by atoms with Crippen molar-refractivity contribution >= 4 is 11.0 Å². The minimum Gasteiger partial charge on any atom is -0.329 e. The number of nitrogens with zero attached hydrogens (tertiary/aromatic N) is 3. The van der Waals surface area contributed by atoms with Gasteiger partial charge < -0.3 is 15.2 Å². The normalized spacial score (nSPS) is 11.9. The van der Waals surface area contributed by atoms with Crippen LogP contribution in [0, 0.1) is 0 Å². The maximum absolute atomic E-state index is 5.55. The number of hydrogen-bond acceptors (Lipinski definition) is 3. The average Bonchev–Trinajstić information content (AvgIpc) is 2.79. The van der Waals surface area contributed by atoms with Crippen molar-refractivity contribution < 1.29 is 0 Å². The zero-order valence-corrected chi connectivity index (χ0v) is 12.1. The Morgan fingerprint density at radius 1 is 1.32 bits per heavy atom. The van der Waals surface area contributed by atoms with Gasteiger partial charge in [-0.3, -0.25) is 0 Å². The van der Waals surface area contributed by atoms with Gasteiger partial charge in [0.2, 0.25) is 0 Å². The molecule has 19 heavy (non-hydrogen) atoms. The van der Waals surface area contributed by atoms with Crippen LogP contribution in [-0.4, -0.2) is 41.1 Å². The van der Waals surface area contributed by atoms with Gasteiger partial charge in [0, 0.05) is 25.7 Å². The highest BCUT2D eigenvalue weighted by Gasteiger charge is 2.06. The van der Waals surface area contributed by atoms with Crippen LogP contribution >= 0.6 is 0 Å². The van der Waals surface area contributed by atoms with E-state index in [1.165, 1.54) is 11.1 Å². The van der Waals surface area contributed by atoms with E-state index >= 15 is 0 Å². The van der Waals surface area contributed by atoms with Crippen molar-refractivity contribution in [3.63, 3.8) is 0 Å². The van der Waals surface area contributed by atoms with Gasteiger partial charge in [0.15, 0.2) is 0 Å². The molecule has 0 aliphatic heterocycles. The molecule has 0 aliphatic rings. The van der Waals surface area contributed by atoms with Crippen molar-refractivity contribution in [2.45, 2.75) is 26.3 Å². The predicted molar refractivity (Wildman–Crippen MR) is 80.4 cm³/mol. The highest BCUT2D eigenvalue weighted by molar-refractivity contribution is 5.76. The van der Waals surface area contributed by atoms with E-state index in [0.717, 1.165) is 25.0 Å². The average molecular weight is 260 g/mol. The number of hydrogen-bond donors (Lipinski definition) is 1. The van der Waals surface area contributed by atoms with E-state index in [-0.39, 0.29) is 0 Å². The molecular formula is C15H24N4.